The molecule has 2 fully saturated rings. The SMILES string of the molecule is CC1COCCN1c1cc(OC(C)(C)C)nc(N2CCCC2c2cccc(C(F)(F)F)c2)c1. The number of morpholine rings is 1. The van der Waals surface area contributed by atoms with E-state index in [4.69, 9.17) is 14.5 Å². The van der Waals surface area contributed by atoms with Crippen LogP contribution in [-0.4, -0.2) is 42.9 Å². The van der Waals surface area contributed by atoms with Gasteiger partial charge in [-0.1, -0.05) is 12.1 Å². The smallest absolute Gasteiger partial charge is 0.416 e. The fourth-order valence-electron chi connectivity index (χ4n) is 4.58. The summed E-state index contributed by atoms with van der Waals surface area (Å²) in [5.74, 6) is 1.24. The van der Waals surface area contributed by atoms with Crippen LogP contribution in [0.5, 0.6) is 5.88 Å². The minimum atomic E-state index is -4.36. The van der Waals surface area contributed by atoms with Crippen molar-refractivity contribution >= 4 is 11.5 Å². The van der Waals surface area contributed by atoms with Crippen LogP contribution in [0.4, 0.5) is 24.7 Å². The van der Waals surface area contributed by atoms with Crippen molar-refractivity contribution < 1.29 is 22.6 Å². The molecule has 0 saturated carbocycles. The number of ether oxygens (including phenoxy) is 2. The van der Waals surface area contributed by atoms with Crippen molar-refractivity contribution in [3.63, 3.8) is 0 Å². The Kier molecular flexibility index (Phi) is 6.49. The Morgan fingerprint density at radius 2 is 1.85 bits per heavy atom. The lowest BCUT2D eigenvalue weighted by atomic mass is 10.0. The van der Waals surface area contributed by atoms with E-state index in [1.54, 1.807) is 6.07 Å². The van der Waals surface area contributed by atoms with Crippen molar-refractivity contribution in [3.8, 4) is 5.88 Å². The highest BCUT2D eigenvalue weighted by Gasteiger charge is 2.34. The molecule has 4 rings (SSSR count). The van der Waals surface area contributed by atoms with Crippen molar-refractivity contribution in [2.24, 2.45) is 0 Å². The van der Waals surface area contributed by atoms with Gasteiger partial charge >= 0.3 is 6.18 Å². The van der Waals surface area contributed by atoms with Gasteiger partial charge in [-0.05, 0) is 58.2 Å². The highest BCUT2D eigenvalue weighted by atomic mass is 19.4. The lowest BCUT2D eigenvalue weighted by Crippen LogP contribution is -2.43. The van der Waals surface area contributed by atoms with E-state index in [2.05, 4.69) is 16.7 Å². The van der Waals surface area contributed by atoms with Crippen molar-refractivity contribution in [1.29, 1.82) is 0 Å². The standard InChI is InChI=1S/C25H32F3N3O2/c1-17-16-32-12-11-30(17)20-14-22(29-23(15-20)33-24(2,3)4)31-10-6-9-21(31)18-7-5-8-19(13-18)25(26,27)28/h5,7-8,13-15,17,21H,6,9-12,16H2,1-4H3. The maximum Gasteiger partial charge on any atom is 0.416 e. The first-order valence-corrected chi connectivity index (χ1v) is 11.5. The summed E-state index contributed by atoms with van der Waals surface area (Å²) < 4.78 is 51.7. The normalized spacial score (nSPS) is 22.0. The zero-order chi connectivity index (χ0) is 23.8. The number of nitrogens with zero attached hydrogens (tertiary/aromatic N) is 3. The average Bonchev–Trinajstić information content (AvgIpc) is 3.22. The molecule has 2 aliphatic rings. The van der Waals surface area contributed by atoms with Crippen molar-refractivity contribution in [3.05, 3.63) is 47.5 Å². The molecule has 2 saturated heterocycles. The first-order chi connectivity index (χ1) is 15.5. The second kappa shape index (κ2) is 9.05. The molecular formula is C25H32F3N3O2. The molecule has 0 radical (unpaired) electrons. The molecule has 5 nitrogen and oxygen atoms in total. The number of hydrogen-bond donors (Lipinski definition) is 0. The number of rotatable bonds is 4. The lowest BCUT2D eigenvalue weighted by Gasteiger charge is -2.36. The zero-order valence-electron chi connectivity index (χ0n) is 19.7. The van der Waals surface area contributed by atoms with E-state index in [0.717, 1.165) is 43.5 Å². The topological polar surface area (TPSA) is 37.8 Å². The second-order valence-corrected chi connectivity index (χ2v) is 9.83. The summed E-state index contributed by atoms with van der Waals surface area (Å²) in [6.45, 7) is 10.8. The van der Waals surface area contributed by atoms with Crippen LogP contribution in [0.1, 0.15) is 57.7 Å². The number of pyridine rings is 1. The van der Waals surface area contributed by atoms with E-state index >= 15 is 0 Å². The highest BCUT2D eigenvalue weighted by molar-refractivity contribution is 5.60. The quantitative estimate of drug-likeness (QED) is 0.569. The van der Waals surface area contributed by atoms with Gasteiger partial charge in [-0.15, -0.1) is 0 Å². The fourth-order valence-corrected chi connectivity index (χ4v) is 4.58. The van der Waals surface area contributed by atoms with Crippen LogP contribution in [0.25, 0.3) is 0 Å². The molecule has 1 aromatic carbocycles. The molecule has 0 aliphatic carbocycles. The van der Waals surface area contributed by atoms with E-state index in [9.17, 15) is 13.2 Å². The third-order valence-electron chi connectivity index (χ3n) is 6.03. The average molecular weight is 464 g/mol. The van der Waals surface area contributed by atoms with Crippen LogP contribution in [0.3, 0.4) is 0 Å². The van der Waals surface area contributed by atoms with Crippen LogP contribution < -0.4 is 14.5 Å². The lowest BCUT2D eigenvalue weighted by molar-refractivity contribution is -0.137. The number of hydrogen-bond acceptors (Lipinski definition) is 5. The Morgan fingerprint density at radius 1 is 1.06 bits per heavy atom. The summed E-state index contributed by atoms with van der Waals surface area (Å²) in [6, 6.07) is 9.67. The van der Waals surface area contributed by atoms with Gasteiger partial charge in [0.05, 0.1) is 24.8 Å². The first kappa shape index (κ1) is 23.7. The van der Waals surface area contributed by atoms with Gasteiger partial charge in [0.2, 0.25) is 5.88 Å². The number of aromatic nitrogens is 1. The third kappa shape index (κ3) is 5.54. The molecule has 180 valence electrons. The molecule has 33 heavy (non-hydrogen) atoms. The molecule has 1 aromatic heterocycles. The molecule has 2 aromatic rings. The highest BCUT2D eigenvalue weighted by Crippen LogP contribution is 2.40. The Hall–Kier alpha value is -2.48. The molecule has 0 spiro atoms. The van der Waals surface area contributed by atoms with Gasteiger partial charge in [0.15, 0.2) is 0 Å². The van der Waals surface area contributed by atoms with Gasteiger partial charge in [0.25, 0.3) is 0 Å². The van der Waals surface area contributed by atoms with Gasteiger partial charge in [0.1, 0.15) is 11.4 Å². The van der Waals surface area contributed by atoms with Gasteiger partial charge in [0, 0.05) is 37.0 Å². The fraction of sp³-hybridized carbons (Fsp3) is 0.560. The first-order valence-electron chi connectivity index (χ1n) is 11.5. The maximum absolute atomic E-state index is 13.3. The second-order valence-electron chi connectivity index (χ2n) is 9.83. The molecule has 0 N–H and O–H groups in total. The molecule has 2 atom stereocenters. The predicted molar refractivity (Wildman–Crippen MR) is 123 cm³/mol. The summed E-state index contributed by atoms with van der Waals surface area (Å²) in [6.07, 6.45) is -2.70. The minimum Gasteiger partial charge on any atom is -0.472 e. The number of benzene rings is 1. The van der Waals surface area contributed by atoms with Crippen LogP contribution in [0.2, 0.25) is 0 Å². The maximum atomic E-state index is 13.3. The number of anilines is 2. The predicted octanol–water partition coefficient (Wildman–Crippen LogP) is 5.84. The van der Waals surface area contributed by atoms with Crippen molar-refractivity contribution in [2.45, 2.75) is 64.4 Å². The molecule has 2 unspecified atom stereocenters. The summed E-state index contributed by atoms with van der Waals surface area (Å²) in [5.41, 5.74) is 0.607. The van der Waals surface area contributed by atoms with E-state index < -0.39 is 17.3 Å². The Balaban J connectivity index is 1.72. The van der Waals surface area contributed by atoms with Gasteiger partial charge in [-0.3, -0.25) is 0 Å². The van der Waals surface area contributed by atoms with Gasteiger partial charge in [-0.2, -0.15) is 18.2 Å². The van der Waals surface area contributed by atoms with Gasteiger partial charge < -0.3 is 19.3 Å². The monoisotopic (exact) mass is 463 g/mol. The molecule has 0 bridgehead atoms. The van der Waals surface area contributed by atoms with Crippen LogP contribution >= 0.6 is 0 Å². The van der Waals surface area contributed by atoms with E-state index in [1.165, 1.54) is 12.1 Å². The molecule has 0 amide bonds. The molecular weight excluding hydrogens is 431 g/mol. The zero-order valence-corrected chi connectivity index (χ0v) is 19.7. The molecule has 8 heteroatoms. The van der Waals surface area contributed by atoms with Crippen molar-refractivity contribution in [2.75, 3.05) is 36.1 Å². The van der Waals surface area contributed by atoms with E-state index in [0.29, 0.717) is 24.7 Å². The molecule has 3 heterocycles. The van der Waals surface area contributed by atoms with Crippen molar-refractivity contribution in [1.82, 2.24) is 4.98 Å². The largest absolute Gasteiger partial charge is 0.472 e. The molecule has 2 aliphatic heterocycles. The summed E-state index contributed by atoms with van der Waals surface area (Å²) in [4.78, 5) is 9.18. The Labute approximate surface area is 193 Å². The third-order valence-corrected chi connectivity index (χ3v) is 6.03. The number of halogens is 3. The number of alkyl halides is 3. The summed E-state index contributed by atoms with van der Waals surface area (Å²) in [5, 5.41) is 0. The van der Waals surface area contributed by atoms with Crippen LogP contribution in [0, 0.1) is 0 Å². The minimum absolute atomic E-state index is 0.167. The van der Waals surface area contributed by atoms with Crippen LogP contribution in [-0.2, 0) is 10.9 Å². The van der Waals surface area contributed by atoms with Gasteiger partial charge in [-0.25, -0.2) is 0 Å². The Bertz CT molecular complexity index is 974. The van der Waals surface area contributed by atoms with Crippen LogP contribution in [0.15, 0.2) is 36.4 Å². The van der Waals surface area contributed by atoms with E-state index in [-0.39, 0.29) is 12.1 Å². The summed E-state index contributed by atoms with van der Waals surface area (Å²) in [7, 11) is 0. The summed E-state index contributed by atoms with van der Waals surface area (Å²) >= 11 is 0. The Morgan fingerprint density at radius 3 is 2.55 bits per heavy atom. The van der Waals surface area contributed by atoms with E-state index in [1.807, 2.05) is 32.9 Å².